The van der Waals surface area contributed by atoms with E-state index >= 15 is 0 Å². The second kappa shape index (κ2) is 7.73. The van der Waals surface area contributed by atoms with Gasteiger partial charge < -0.3 is 9.47 Å². The molecule has 2 aromatic rings. The fourth-order valence-electron chi connectivity index (χ4n) is 3.22. The Morgan fingerprint density at radius 2 is 2.08 bits per heavy atom. The number of hydrogen-bond acceptors (Lipinski definition) is 4. The Kier molecular flexibility index (Phi) is 5.43. The average molecular weight is 330 g/mol. The minimum Gasteiger partial charge on any atom is -0.481 e. The number of ether oxygens (including phenoxy) is 2. The predicted octanol–water partition coefficient (Wildman–Crippen LogP) is 3.58. The summed E-state index contributed by atoms with van der Waals surface area (Å²) in [5.74, 6) is 0.457. The van der Waals surface area contributed by atoms with Crippen LogP contribution in [-0.4, -0.2) is 36.7 Å². The van der Waals surface area contributed by atoms with Crippen LogP contribution in [0, 0.1) is 5.82 Å². The second-order valence-corrected chi connectivity index (χ2v) is 6.18. The molecule has 1 aromatic carbocycles. The zero-order chi connectivity index (χ0) is 16.9. The molecule has 1 aromatic heterocycles. The van der Waals surface area contributed by atoms with Crippen molar-refractivity contribution in [2.45, 2.75) is 31.5 Å². The van der Waals surface area contributed by atoms with Crippen molar-refractivity contribution in [2.24, 2.45) is 0 Å². The molecule has 0 saturated carbocycles. The number of nitrogens with zero attached hydrogens (tertiary/aromatic N) is 2. The van der Waals surface area contributed by atoms with Crippen LogP contribution in [0.25, 0.3) is 0 Å². The molecule has 5 heteroatoms. The smallest absolute Gasteiger partial charge is 0.217 e. The molecule has 0 aliphatic carbocycles. The molecule has 3 rings (SSSR count). The molecule has 0 N–H and O–H groups in total. The highest BCUT2D eigenvalue weighted by atomic mass is 19.1. The molecular formula is C19H23FN2O2. The van der Waals surface area contributed by atoms with Gasteiger partial charge in [-0.05, 0) is 43.7 Å². The van der Waals surface area contributed by atoms with E-state index in [0.29, 0.717) is 18.5 Å². The number of benzene rings is 1. The summed E-state index contributed by atoms with van der Waals surface area (Å²) >= 11 is 0. The van der Waals surface area contributed by atoms with Crippen molar-refractivity contribution in [1.82, 2.24) is 9.88 Å². The highest BCUT2D eigenvalue weighted by molar-refractivity contribution is 5.25. The minimum atomic E-state index is -0.216. The van der Waals surface area contributed by atoms with E-state index in [1.165, 1.54) is 12.1 Å². The Labute approximate surface area is 142 Å². The van der Waals surface area contributed by atoms with Crippen LogP contribution in [-0.2, 0) is 11.3 Å². The van der Waals surface area contributed by atoms with Crippen molar-refractivity contribution in [3.63, 3.8) is 0 Å². The molecule has 1 aliphatic rings. The number of pyridine rings is 1. The van der Waals surface area contributed by atoms with E-state index in [-0.39, 0.29) is 11.9 Å². The van der Waals surface area contributed by atoms with Crippen LogP contribution in [0.2, 0.25) is 0 Å². The van der Waals surface area contributed by atoms with E-state index in [1.54, 1.807) is 13.3 Å². The molecule has 2 atom stereocenters. The quantitative estimate of drug-likeness (QED) is 0.839. The van der Waals surface area contributed by atoms with Gasteiger partial charge in [0.2, 0.25) is 5.88 Å². The molecule has 0 amide bonds. The molecule has 0 bridgehead atoms. The van der Waals surface area contributed by atoms with Gasteiger partial charge in [-0.15, -0.1) is 0 Å². The van der Waals surface area contributed by atoms with E-state index in [2.05, 4.69) is 16.9 Å². The summed E-state index contributed by atoms with van der Waals surface area (Å²) in [4.78, 5) is 6.58. The third kappa shape index (κ3) is 3.91. The van der Waals surface area contributed by atoms with Crippen molar-refractivity contribution in [3.8, 4) is 5.88 Å². The lowest BCUT2D eigenvalue weighted by molar-refractivity contribution is -0.0250. The first-order valence-electron chi connectivity index (χ1n) is 8.22. The fourth-order valence-corrected chi connectivity index (χ4v) is 3.22. The van der Waals surface area contributed by atoms with Gasteiger partial charge in [0.05, 0.1) is 13.2 Å². The lowest BCUT2D eigenvalue weighted by Gasteiger charge is -2.35. The molecule has 1 aliphatic heterocycles. The van der Waals surface area contributed by atoms with Crippen LogP contribution < -0.4 is 4.74 Å². The van der Waals surface area contributed by atoms with Crippen LogP contribution in [0.1, 0.15) is 30.1 Å². The minimum absolute atomic E-state index is 0.0163. The van der Waals surface area contributed by atoms with Gasteiger partial charge in [0, 0.05) is 31.0 Å². The highest BCUT2D eigenvalue weighted by Gasteiger charge is 2.27. The van der Waals surface area contributed by atoms with E-state index in [1.807, 2.05) is 24.3 Å². The first-order chi connectivity index (χ1) is 11.7. The Balaban J connectivity index is 1.66. The largest absolute Gasteiger partial charge is 0.481 e. The number of methoxy groups -OCH3 is 1. The van der Waals surface area contributed by atoms with Gasteiger partial charge in [-0.25, -0.2) is 9.37 Å². The maximum Gasteiger partial charge on any atom is 0.217 e. The van der Waals surface area contributed by atoms with Gasteiger partial charge in [0.25, 0.3) is 0 Å². The van der Waals surface area contributed by atoms with Crippen LogP contribution in [0.15, 0.2) is 42.6 Å². The lowest BCUT2D eigenvalue weighted by Crippen LogP contribution is -2.37. The molecule has 0 unspecified atom stereocenters. The summed E-state index contributed by atoms with van der Waals surface area (Å²) in [5.41, 5.74) is 2.11. The van der Waals surface area contributed by atoms with Crippen molar-refractivity contribution >= 4 is 0 Å². The van der Waals surface area contributed by atoms with Crippen LogP contribution in [0.5, 0.6) is 5.88 Å². The molecule has 1 fully saturated rings. The van der Waals surface area contributed by atoms with Gasteiger partial charge in [-0.3, -0.25) is 4.90 Å². The normalized spacial score (nSPS) is 21.0. The van der Waals surface area contributed by atoms with Crippen LogP contribution in [0.3, 0.4) is 0 Å². The van der Waals surface area contributed by atoms with Crippen molar-refractivity contribution < 1.29 is 13.9 Å². The molecule has 4 nitrogen and oxygen atoms in total. The fraction of sp³-hybridized carbons (Fsp3) is 0.421. The molecular weight excluding hydrogens is 307 g/mol. The van der Waals surface area contributed by atoms with Gasteiger partial charge in [0.1, 0.15) is 5.82 Å². The molecule has 24 heavy (non-hydrogen) atoms. The first-order valence-corrected chi connectivity index (χ1v) is 8.22. The SMILES string of the molecule is COc1ncccc1CN(C)[C@@H]1CCO[C@@H](c2ccc(F)cc2)C1. The standard InChI is InChI=1S/C19H23FN2O2/c1-22(13-15-4-3-10-21-19(15)23-2)17-9-11-24-18(12-17)14-5-7-16(20)8-6-14/h3-8,10,17-18H,9,11-13H2,1-2H3/t17-,18-/m1/s1. The zero-order valence-corrected chi connectivity index (χ0v) is 14.1. The van der Waals surface area contributed by atoms with Gasteiger partial charge in [-0.2, -0.15) is 0 Å². The zero-order valence-electron chi connectivity index (χ0n) is 14.1. The highest BCUT2D eigenvalue weighted by Crippen LogP contribution is 2.31. The van der Waals surface area contributed by atoms with E-state index in [0.717, 1.165) is 30.5 Å². The van der Waals surface area contributed by atoms with Crippen molar-refractivity contribution in [3.05, 3.63) is 59.5 Å². The van der Waals surface area contributed by atoms with Gasteiger partial charge >= 0.3 is 0 Å². The maximum absolute atomic E-state index is 13.1. The van der Waals surface area contributed by atoms with E-state index < -0.39 is 0 Å². The third-order valence-corrected chi connectivity index (χ3v) is 4.58. The first kappa shape index (κ1) is 16.9. The molecule has 0 radical (unpaired) electrons. The summed E-state index contributed by atoms with van der Waals surface area (Å²) in [6.45, 7) is 1.49. The molecule has 1 saturated heterocycles. The van der Waals surface area contributed by atoms with Crippen molar-refractivity contribution in [1.29, 1.82) is 0 Å². The van der Waals surface area contributed by atoms with Gasteiger partial charge in [-0.1, -0.05) is 18.2 Å². The molecule has 128 valence electrons. The Hall–Kier alpha value is -1.98. The summed E-state index contributed by atoms with van der Waals surface area (Å²) in [5, 5.41) is 0. The third-order valence-electron chi connectivity index (χ3n) is 4.58. The summed E-state index contributed by atoms with van der Waals surface area (Å²) in [7, 11) is 3.76. The van der Waals surface area contributed by atoms with Gasteiger partial charge in [0.15, 0.2) is 0 Å². The topological polar surface area (TPSA) is 34.6 Å². The summed E-state index contributed by atoms with van der Waals surface area (Å²) < 4.78 is 24.3. The molecule has 2 heterocycles. The summed E-state index contributed by atoms with van der Waals surface area (Å²) in [6, 6.07) is 11.0. The number of rotatable bonds is 5. The second-order valence-electron chi connectivity index (χ2n) is 6.18. The monoisotopic (exact) mass is 330 g/mol. The van der Waals surface area contributed by atoms with Crippen LogP contribution in [0.4, 0.5) is 4.39 Å². The molecule has 0 spiro atoms. The Bertz CT molecular complexity index is 663. The number of halogens is 1. The lowest BCUT2D eigenvalue weighted by atomic mass is 9.96. The summed E-state index contributed by atoms with van der Waals surface area (Å²) in [6.07, 6.45) is 3.63. The van der Waals surface area contributed by atoms with Crippen LogP contribution >= 0.6 is 0 Å². The van der Waals surface area contributed by atoms with E-state index in [9.17, 15) is 4.39 Å². The number of hydrogen-bond donors (Lipinski definition) is 0. The Morgan fingerprint density at radius 1 is 1.29 bits per heavy atom. The number of aromatic nitrogens is 1. The average Bonchev–Trinajstić information content (AvgIpc) is 2.63. The maximum atomic E-state index is 13.1. The predicted molar refractivity (Wildman–Crippen MR) is 90.4 cm³/mol. The van der Waals surface area contributed by atoms with Crippen molar-refractivity contribution in [2.75, 3.05) is 20.8 Å². The Morgan fingerprint density at radius 3 is 2.83 bits per heavy atom. The van der Waals surface area contributed by atoms with E-state index in [4.69, 9.17) is 9.47 Å².